The summed E-state index contributed by atoms with van der Waals surface area (Å²) in [6.07, 6.45) is -1.22. The highest BCUT2D eigenvalue weighted by molar-refractivity contribution is 5.84. The molecule has 1 aliphatic heterocycles. The Balaban J connectivity index is 2.27. The van der Waals surface area contributed by atoms with Gasteiger partial charge in [0.2, 0.25) is 0 Å². The summed E-state index contributed by atoms with van der Waals surface area (Å²) in [6, 6.07) is 0. The molecule has 0 bridgehead atoms. The van der Waals surface area contributed by atoms with E-state index in [0.29, 0.717) is 6.54 Å². The largest absolute Gasteiger partial charge is 0.454 e. The lowest BCUT2D eigenvalue weighted by Crippen LogP contribution is -2.47. The van der Waals surface area contributed by atoms with Gasteiger partial charge in [0, 0.05) is 6.54 Å². The van der Waals surface area contributed by atoms with Crippen LogP contribution < -0.4 is 5.32 Å². The molecular formula is C13H23NO6. The quantitative estimate of drug-likeness (QED) is 0.339. The van der Waals surface area contributed by atoms with Gasteiger partial charge in [-0.3, -0.25) is 4.79 Å². The zero-order valence-electron chi connectivity index (χ0n) is 11.6. The number of unbranched alkanes of at least 4 members (excludes halogenated alkanes) is 4. The van der Waals surface area contributed by atoms with Gasteiger partial charge in [0.1, 0.15) is 6.10 Å². The van der Waals surface area contributed by atoms with E-state index in [9.17, 15) is 24.9 Å². The second-order valence-corrected chi connectivity index (χ2v) is 4.99. The lowest BCUT2D eigenvalue weighted by atomic mass is 10.1. The van der Waals surface area contributed by atoms with E-state index in [1.165, 1.54) is 0 Å². The normalized spacial score (nSPS) is 27.2. The lowest BCUT2D eigenvalue weighted by molar-refractivity contribution is -0.153. The number of cyclic esters (lactones) is 1. The smallest absolute Gasteiger partial charge is 0.338 e. The zero-order valence-corrected chi connectivity index (χ0v) is 11.6. The highest BCUT2D eigenvalue weighted by Crippen LogP contribution is 2.19. The summed E-state index contributed by atoms with van der Waals surface area (Å²) < 4.78 is 4.58. The molecule has 1 amide bonds. The van der Waals surface area contributed by atoms with Crippen LogP contribution in [0.15, 0.2) is 0 Å². The lowest BCUT2D eigenvalue weighted by Gasteiger charge is -2.19. The van der Waals surface area contributed by atoms with Crippen LogP contribution in [0.4, 0.5) is 0 Å². The van der Waals surface area contributed by atoms with Gasteiger partial charge in [-0.15, -0.1) is 0 Å². The van der Waals surface area contributed by atoms with Crippen LogP contribution in [0.25, 0.3) is 0 Å². The first-order valence-electron chi connectivity index (χ1n) is 7.01. The molecule has 7 nitrogen and oxygen atoms in total. The SMILES string of the molecule is CCCCCCCNC(=O)C(O)[C@H]1OC(=O)[C@@H](O)[C@H]1O. The Hall–Kier alpha value is -1.18. The van der Waals surface area contributed by atoms with E-state index in [2.05, 4.69) is 17.0 Å². The second kappa shape index (κ2) is 8.18. The molecule has 4 atom stereocenters. The molecule has 116 valence electrons. The van der Waals surface area contributed by atoms with Crippen LogP contribution in [0.2, 0.25) is 0 Å². The number of aliphatic hydroxyl groups is 3. The molecule has 1 aliphatic rings. The molecule has 1 rings (SSSR count). The number of carbonyl (C=O) groups is 2. The van der Waals surface area contributed by atoms with Gasteiger partial charge in [-0.1, -0.05) is 32.6 Å². The van der Waals surface area contributed by atoms with E-state index in [1.54, 1.807) is 0 Å². The topological polar surface area (TPSA) is 116 Å². The predicted molar refractivity (Wildman–Crippen MR) is 69.7 cm³/mol. The number of nitrogens with one attached hydrogen (secondary N) is 1. The standard InChI is InChI=1S/C13H23NO6/c1-2-3-4-5-6-7-14-12(18)10(17)11-8(15)9(16)13(19)20-11/h8-11,15-17H,2-7H2,1H3,(H,14,18)/t8-,9+,10?,11+/m1/s1. The van der Waals surface area contributed by atoms with Crippen LogP contribution in [-0.4, -0.2) is 58.2 Å². The van der Waals surface area contributed by atoms with Gasteiger partial charge in [0.05, 0.1) is 0 Å². The Labute approximate surface area is 117 Å². The first kappa shape index (κ1) is 16.9. The fourth-order valence-electron chi connectivity index (χ4n) is 2.04. The van der Waals surface area contributed by atoms with Crippen LogP contribution in [0.5, 0.6) is 0 Å². The van der Waals surface area contributed by atoms with Gasteiger partial charge in [-0.25, -0.2) is 4.79 Å². The van der Waals surface area contributed by atoms with Crippen LogP contribution in [0.1, 0.15) is 39.0 Å². The van der Waals surface area contributed by atoms with Crippen molar-refractivity contribution in [3.63, 3.8) is 0 Å². The summed E-state index contributed by atoms with van der Waals surface area (Å²) in [7, 11) is 0. The molecule has 7 heteroatoms. The number of aliphatic hydroxyl groups excluding tert-OH is 3. The number of ether oxygens (including phenoxy) is 1. The van der Waals surface area contributed by atoms with Gasteiger partial charge < -0.3 is 25.4 Å². The zero-order chi connectivity index (χ0) is 15.1. The predicted octanol–water partition coefficient (Wildman–Crippen LogP) is -0.919. The van der Waals surface area contributed by atoms with Crippen LogP contribution in [-0.2, 0) is 14.3 Å². The van der Waals surface area contributed by atoms with Crippen molar-refractivity contribution in [2.45, 2.75) is 63.4 Å². The molecule has 1 unspecified atom stereocenters. The third-order valence-electron chi connectivity index (χ3n) is 3.31. The van der Waals surface area contributed by atoms with Crippen molar-refractivity contribution < 1.29 is 29.6 Å². The summed E-state index contributed by atoms with van der Waals surface area (Å²) >= 11 is 0. The van der Waals surface area contributed by atoms with Crippen molar-refractivity contribution in [2.75, 3.05) is 6.54 Å². The highest BCUT2D eigenvalue weighted by Gasteiger charge is 2.48. The summed E-state index contributed by atoms with van der Waals surface area (Å²) in [5, 5.41) is 30.9. The third-order valence-corrected chi connectivity index (χ3v) is 3.31. The summed E-state index contributed by atoms with van der Waals surface area (Å²) in [4.78, 5) is 22.6. The monoisotopic (exact) mass is 289 g/mol. The van der Waals surface area contributed by atoms with Crippen LogP contribution in [0.3, 0.4) is 0 Å². The maximum absolute atomic E-state index is 11.6. The molecule has 0 aromatic carbocycles. The van der Waals surface area contributed by atoms with E-state index in [0.717, 1.165) is 32.1 Å². The minimum Gasteiger partial charge on any atom is -0.454 e. The average Bonchev–Trinajstić information content (AvgIpc) is 2.69. The van der Waals surface area contributed by atoms with Crippen molar-refractivity contribution in [3.05, 3.63) is 0 Å². The third kappa shape index (κ3) is 4.43. The molecule has 0 aliphatic carbocycles. The molecule has 1 fully saturated rings. The number of hydrogen-bond acceptors (Lipinski definition) is 6. The molecular weight excluding hydrogens is 266 g/mol. The Morgan fingerprint density at radius 3 is 2.50 bits per heavy atom. The maximum Gasteiger partial charge on any atom is 0.338 e. The van der Waals surface area contributed by atoms with E-state index >= 15 is 0 Å². The van der Waals surface area contributed by atoms with Crippen molar-refractivity contribution in [1.82, 2.24) is 5.32 Å². The number of amides is 1. The Morgan fingerprint density at radius 1 is 1.30 bits per heavy atom. The Kier molecular flexibility index (Phi) is 6.90. The van der Waals surface area contributed by atoms with Gasteiger partial charge in [0.15, 0.2) is 18.3 Å². The van der Waals surface area contributed by atoms with Gasteiger partial charge in [-0.2, -0.15) is 0 Å². The molecule has 0 spiro atoms. The fourth-order valence-corrected chi connectivity index (χ4v) is 2.04. The number of hydrogen-bond donors (Lipinski definition) is 4. The Morgan fingerprint density at radius 2 is 1.95 bits per heavy atom. The number of carbonyl (C=O) groups excluding carboxylic acids is 2. The van der Waals surface area contributed by atoms with E-state index in [1.807, 2.05) is 0 Å². The molecule has 1 saturated heterocycles. The minimum atomic E-state index is -1.71. The molecule has 0 aromatic rings. The van der Waals surface area contributed by atoms with Crippen molar-refractivity contribution in [3.8, 4) is 0 Å². The average molecular weight is 289 g/mol. The van der Waals surface area contributed by atoms with Gasteiger partial charge in [-0.05, 0) is 6.42 Å². The van der Waals surface area contributed by atoms with Crippen LogP contribution in [0, 0.1) is 0 Å². The summed E-state index contributed by atoms with van der Waals surface area (Å²) in [5.74, 6) is -1.75. The van der Waals surface area contributed by atoms with Crippen molar-refractivity contribution in [2.24, 2.45) is 0 Å². The van der Waals surface area contributed by atoms with E-state index in [-0.39, 0.29) is 0 Å². The minimum absolute atomic E-state index is 0.416. The maximum atomic E-state index is 11.6. The first-order valence-corrected chi connectivity index (χ1v) is 7.01. The molecule has 1 heterocycles. The fraction of sp³-hybridized carbons (Fsp3) is 0.846. The summed E-state index contributed by atoms with van der Waals surface area (Å²) in [5.41, 5.74) is 0. The Bertz CT molecular complexity index is 335. The van der Waals surface area contributed by atoms with Crippen LogP contribution >= 0.6 is 0 Å². The van der Waals surface area contributed by atoms with Crippen molar-refractivity contribution >= 4 is 11.9 Å². The van der Waals surface area contributed by atoms with E-state index < -0.39 is 36.3 Å². The molecule has 0 aromatic heterocycles. The number of rotatable bonds is 8. The molecule has 4 N–H and O–H groups in total. The van der Waals surface area contributed by atoms with Gasteiger partial charge in [0.25, 0.3) is 5.91 Å². The molecule has 0 radical (unpaired) electrons. The second-order valence-electron chi connectivity index (χ2n) is 4.99. The number of esters is 1. The first-order chi connectivity index (χ1) is 9.49. The highest BCUT2D eigenvalue weighted by atomic mass is 16.6. The van der Waals surface area contributed by atoms with E-state index in [4.69, 9.17) is 0 Å². The molecule has 20 heavy (non-hydrogen) atoms. The molecule has 0 saturated carbocycles. The van der Waals surface area contributed by atoms with Crippen molar-refractivity contribution in [1.29, 1.82) is 0 Å². The summed E-state index contributed by atoms with van der Waals surface area (Å²) in [6.45, 7) is 2.53. The van der Waals surface area contributed by atoms with Gasteiger partial charge >= 0.3 is 5.97 Å².